The van der Waals surface area contributed by atoms with E-state index in [4.69, 9.17) is 10.5 Å². The topological polar surface area (TPSA) is 81.4 Å². The van der Waals surface area contributed by atoms with E-state index in [-0.39, 0.29) is 10.9 Å². The van der Waals surface area contributed by atoms with Crippen molar-refractivity contribution in [3.8, 4) is 5.75 Å². The van der Waals surface area contributed by atoms with Gasteiger partial charge in [-0.25, -0.2) is 13.1 Å². The molecule has 0 radical (unpaired) electrons. The molecule has 0 spiro atoms. The summed E-state index contributed by atoms with van der Waals surface area (Å²) in [6, 6.07) is 13.6. The predicted octanol–water partition coefficient (Wildman–Crippen LogP) is 1.56. The van der Waals surface area contributed by atoms with Gasteiger partial charge in [-0.2, -0.15) is 0 Å². The summed E-state index contributed by atoms with van der Waals surface area (Å²) >= 11 is 0. The van der Waals surface area contributed by atoms with Gasteiger partial charge in [0.1, 0.15) is 12.4 Å². The maximum Gasteiger partial charge on any atom is 0.241 e. The maximum absolute atomic E-state index is 12.4. The number of para-hydroxylation sites is 1. The van der Waals surface area contributed by atoms with Crippen molar-refractivity contribution in [2.75, 3.05) is 6.61 Å². The molecule has 0 saturated carbocycles. The summed E-state index contributed by atoms with van der Waals surface area (Å²) in [5, 5.41) is 0. The number of nitrogens with one attached hydrogen (secondary N) is 1. The molecule has 6 heteroatoms. The van der Waals surface area contributed by atoms with Crippen molar-refractivity contribution in [3.63, 3.8) is 0 Å². The molecule has 0 bridgehead atoms. The lowest BCUT2D eigenvalue weighted by atomic mass is 10.1. The molecule has 0 amide bonds. The van der Waals surface area contributed by atoms with E-state index in [0.29, 0.717) is 13.2 Å². The number of hydrogen-bond donors (Lipinski definition) is 2. The largest absolute Gasteiger partial charge is 0.491 e. The van der Waals surface area contributed by atoms with Crippen LogP contribution in [0.4, 0.5) is 0 Å². The van der Waals surface area contributed by atoms with Crippen LogP contribution in [0.5, 0.6) is 5.75 Å². The van der Waals surface area contributed by atoms with Gasteiger partial charge < -0.3 is 10.5 Å². The van der Waals surface area contributed by atoms with Crippen LogP contribution in [0.25, 0.3) is 0 Å². The highest BCUT2D eigenvalue weighted by molar-refractivity contribution is 7.89. The van der Waals surface area contributed by atoms with Crippen LogP contribution in [0.2, 0.25) is 0 Å². The van der Waals surface area contributed by atoms with Gasteiger partial charge in [-0.15, -0.1) is 0 Å². The van der Waals surface area contributed by atoms with Gasteiger partial charge in [0.25, 0.3) is 0 Å². The first kappa shape index (κ1) is 14.1. The molecule has 1 heterocycles. The minimum absolute atomic E-state index is 0.226. The molecule has 1 aliphatic heterocycles. The fourth-order valence-corrected chi connectivity index (χ4v) is 3.52. The zero-order valence-electron chi connectivity index (χ0n) is 11.3. The van der Waals surface area contributed by atoms with Gasteiger partial charge in [0, 0.05) is 12.1 Å². The van der Waals surface area contributed by atoms with E-state index >= 15 is 0 Å². The van der Waals surface area contributed by atoms with Gasteiger partial charge in [-0.1, -0.05) is 30.3 Å². The highest BCUT2D eigenvalue weighted by Crippen LogP contribution is 2.32. The van der Waals surface area contributed by atoms with Crippen LogP contribution in [0.1, 0.15) is 17.2 Å². The van der Waals surface area contributed by atoms with Crippen molar-refractivity contribution in [1.82, 2.24) is 4.72 Å². The van der Waals surface area contributed by atoms with Crippen molar-refractivity contribution in [1.29, 1.82) is 0 Å². The second-order valence-corrected chi connectivity index (χ2v) is 6.58. The first-order valence-corrected chi connectivity index (χ1v) is 8.11. The fourth-order valence-electron chi connectivity index (χ4n) is 2.32. The molecule has 3 N–H and O–H groups in total. The van der Waals surface area contributed by atoms with Gasteiger partial charge >= 0.3 is 0 Å². The van der Waals surface area contributed by atoms with Crippen molar-refractivity contribution in [2.45, 2.75) is 17.5 Å². The molecule has 3 rings (SSSR count). The van der Waals surface area contributed by atoms with E-state index in [1.807, 2.05) is 24.3 Å². The molecule has 0 aliphatic carbocycles. The van der Waals surface area contributed by atoms with Crippen molar-refractivity contribution in [2.24, 2.45) is 5.73 Å². The Bertz CT molecular complexity index is 742. The van der Waals surface area contributed by atoms with Crippen LogP contribution in [0.3, 0.4) is 0 Å². The molecule has 0 fully saturated rings. The lowest BCUT2D eigenvalue weighted by Gasteiger charge is -2.12. The third-order valence-electron chi connectivity index (χ3n) is 3.47. The summed E-state index contributed by atoms with van der Waals surface area (Å²) in [5.74, 6) is 0.726. The van der Waals surface area contributed by atoms with Crippen LogP contribution >= 0.6 is 0 Å². The highest BCUT2D eigenvalue weighted by atomic mass is 32.2. The Kier molecular flexibility index (Phi) is 3.67. The van der Waals surface area contributed by atoms with Gasteiger partial charge in [0.2, 0.25) is 10.0 Å². The third kappa shape index (κ3) is 2.78. The van der Waals surface area contributed by atoms with Crippen molar-refractivity contribution < 1.29 is 13.2 Å². The highest BCUT2D eigenvalue weighted by Gasteiger charge is 2.28. The molecule has 5 nitrogen and oxygen atoms in total. The Morgan fingerprint density at radius 3 is 2.57 bits per heavy atom. The smallest absolute Gasteiger partial charge is 0.241 e. The Morgan fingerprint density at radius 2 is 1.86 bits per heavy atom. The number of fused-ring (bicyclic) bond motifs is 1. The molecule has 2 aromatic rings. The lowest BCUT2D eigenvalue weighted by molar-refractivity contribution is 0.325. The minimum atomic E-state index is -3.58. The summed E-state index contributed by atoms with van der Waals surface area (Å²) < 4.78 is 33.0. The third-order valence-corrected chi connectivity index (χ3v) is 4.95. The minimum Gasteiger partial charge on any atom is -0.491 e. The van der Waals surface area contributed by atoms with Gasteiger partial charge in [0.15, 0.2) is 0 Å². The Labute approximate surface area is 123 Å². The van der Waals surface area contributed by atoms with Crippen LogP contribution < -0.4 is 15.2 Å². The van der Waals surface area contributed by atoms with E-state index < -0.39 is 10.0 Å². The van der Waals surface area contributed by atoms with Gasteiger partial charge in [-0.05, 0) is 23.8 Å². The zero-order valence-corrected chi connectivity index (χ0v) is 12.1. The van der Waals surface area contributed by atoms with Crippen LogP contribution in [-0.4, -0.2) is 15.0 Å². The van der Waals surface area contributed by atoms with Crippen LogP contribution in [0.15, 0.2) is 53.4 Å². The average Bonchev–Trinajstić information content (AvgIpc) is 2.90. The second-order valence-electron chi connectivity index (χ2n) is 4.87. The molecule has 0 saturated heterocycles. The number of hydrogen-bond acceptors (Lipinski definition) is 4. The standard InChI is InChI=1S/C15H16N2O3S/c16-9-11-5-7-12(8-6-11)21(18,19)17-14-10-20-15-4-2-1-3-13(14)15/h1-8,14,17H,9-10,16H2. The average molecular weight is 304 g/mol. The summed E-state index contributed by atoms with van der Waals surface area (Å²) in [6.07, 6.45) is 0. The first-order chi connectivity index (χ1) is 10.1. The molecule has 1 aliphatic rings. The molecule has 110 valence electrons. The van der Waals surface area contributed by atoms with Gasteiger partial charge in [0.05, 0.1) is 10.9 Å². The van der Waals surface area contributed by atoms with Crippen LogP contribution in [0, 0.1) is 0 Å². The first-order valence-electron chi connectivity index (χ1n) is 6.63. The summed E-state index contributed by atoms with van der Waals surface area (Å²) in [4.78, 5) is 0.226. The Hall–Kier alpha value is -1.89. The number of ether oxygens (including phenoxy) is 1. The van der Waals surface area contributed by atoms with E-state index in [2.05, 4.69) is 4.72 Å². The van der Waals surface area contributed by atoms with E-state index in [1.165, 1.54) is 0 Å². The van der Waals surface area contributed by atoms with E-state index in [9.17, 15) is 8.42 Å². The quantitative estimate of drug-likeness (QED) is 0.898. The molecule has 0 aromatic heterocycles. The monoisotopic (exact) mass is 304 g/mol. The zero-order chi connectivity index (χ0) is 14.9. The number of benzene rings is 2. The SMILES string of the molecule is NCc1ccc(S(=O)(=O)NC2COc3ccccc32)cc1. The van der Waals surface area contributed by atoms with Crippen molar-refractivity contribution in [3.05, 3.63) is 59.7 Å². The summed E-state index contributed by atoms with van der Waals surface area (Å²) in [6.45, 7) is 0.692. The van der Waals surface area contributed by atoms with Gasteiger partial charge in [-0.3, -0.25) is 0 Å². The summed E-state index contributed by atoms with van der Waals surface area (Å²) in [7, 11) is -3.58. The number of rotatable bonds is 4. The maximum atomic E-state index is 12.4. The Balaban J connectivity index is 1.83. The normalized spacial score (nSPS) is 17.3. The molecule has 1 unspecified atom stereocenters. The number of nitrogens with two attached hydrogens (primary N) is 1. The summed E-state index contributed by atoms with van der Waals surface area (Å²) in [5.41, 5.74) is 7.27. The molecular formula is C15H16N2O3S. The molecule has 1 atom stereocenters. The molecule has 21 heavy (non-hydrogen) atoms. The lowest BCUT2D eigenvalue weighted by Crippen LogP contribution is -2.29. The number of sulfonamides is 1. The van der Waals surface area contributed by atoms with E-state index in [0.717, 1.165) is 16.9 Å². The predicted molar refractivity (Wildman–Crippen MR) is 79.3 cm³/mol. The Morgan fingerprint density at radius 1 is 1.14 bits per heavy atom. The van der Waals surface area contributed by atoms with E-state index in [1.54, 1.807) is 24.3 Å². The fraction of sp³-hybridized carbons (Fsp3) is 0.200. The second kappa shape index (κ2) is 5.48. The molecular weight excluding hydrogens is 288 g/mol. The van der Waals surface area contributed by atoms with Crippen LogP contribution in [-0.2, 0) is 16.6 Å². The molecule has 2 aromatic carbocycles. The van der Waals surface area contributed by atoms with Crippen molar-refractivity contribution >= 4 is 10.0 Å².